The van der Waals surface area contributed by atoms with E-state index in [0.717, 1.165) is 32.1 Å². The van der Waals surface area contributed by atoms with Crippen molar-refractivity contribution < 1.29 is 14.0 Å². The maximum absolute atomic E-state index is 13.5. The molecule has 1 aliphatic carbocycles. The second-order valence-electron chi connectivity index (χ2n) is 9.00. The fraction of sp³-hybridized carbons (Fsp3) is 0.522. The van der Waals surface area contributed by atoms with Crippen LogP contribution in [0.5, 0.6) is 0 Å². The molecule has 0 N–H and O–H groups in total. The third kappa shape index (κ3) is 2.72. The van der Waals surface area contributed by atoms with E-state index in [4.69, 9.17) is 4.42 Å². The van der Waals surface area contributed by atoms with Gasteiger partial charge in [0.2, 0.25) is 11.7 Å². The first kappa shape index (κ1) is 18.4. The summed E-state index contributed by atoms with van der Waals surface area (Å²) in [7, 11) is 0. The third-order valence-electron chi connectivity index (χ3n) is 7.49. The van der Waals surface area contributed by atoms with Gasteiger partial charge in [0.15, 0.2) is 6.39 Å². The highest BCUT2D eigenvalue weighted by Crippen LogP contribution is 2.56. The maximum atomic E-state index is 13.5. The number of fused-ring (bicyclic) bond motifs is 1. The van der Waals surface area contributed by atoms with E-state index in [1.807, 2.05) is 23.1 Å². The molecule has 152 valence electrons. The molecule has 1 aromatic carbocycles. The van der Waals surface area contributed by atoms with Crippen molar-refractivity contribution in [1.82, 2.24) is 14.8 Å². The van der Waals surface area contributed by atoms with Crippen molar-refractivity contribution >= 4 is 11.8 Å². The number of aromatic nitrogens is 1. The predicted molar refractivity (Wildman–Crippen MR) is 107 cm³/mol. The lowest BCUT2D eigenvalue weighted by Crippen LogP contribution is -2.62. The first-order valence-electron chi connectivity index (χ1n) is 10.5. The molecule has 6 heteroatoms. The standard InChI is InChI=1S/C23H27N3O3/c1-15(27)25-17(11-16-7-4-3-5-8-16)18-12-23(2)20(25)9-6-10-21(23)26(18)22(28)19-13-24-14-29-19/h3-5,7-8,13-14,17-18,20-21H,6,9-12H2,1-2H3/t17-,18+,20-,21+,23-/m1/s1. The SMILES string of the molecule is CC(=O)N1[C@H](Cc2ccccc2)[C@@H]2C[C@@]3(C)[C@H](CCC[C@@H]13)N2C(=O)c1cnco1. The van der Waals surface area contributed by atoms with Gasteiger partial charge in [-0.2, -0.15) is 0 Å². The summed E-state index contributed by atoms with van der Waals surface area (Å²) < 4.78 is 5.37. The molecule has 2 aromatic rings. The lowest BCUT2D eigenvalue weighted by Gasteiger charge is -2.52. The van der Waals surface area contributed by atoms with Crippen LogP contribution in [0.3, 0.4) is 0 Å². The van der Waals surface area contributed by atoms with Crippen molar-refractivity contribution in [1.29, 1.82) is 0 Å². The summed E-state index contributed by atoms with van der Waals surface area (Å²) in [6, 6.07) is 10.6. The van der Waals surface area contributed by atoms with Gasteiger partial charge in [0.05, 0.1) is 18.3 Å². The van der Waals surface area contributed by atoms with Crippen LogP contribution in [0.4, 0.5) is 0 Å². The van der Waals surface area contributed by atoms with Crippen molar-refractivity contribution in [3.05, 3.63) is 54.2 Å². The molecule has 5 rings (SSSR count). The molecule has 2 aliphatic heterocycles. The van der Waals surface area contributed by atoms with Crippen LogP contribution in [0.15, 0.2) is 47.3 Å². The Morgan fingerprint density at radius 2 is 1.90 bits per heavy atom. The Hall–Kier alpha value is -2.63. The number of hydrogen-bond acceptors (Lipinski definition) is 4. The van der Waals surface area contributed by atoms with Gasteiger partial charge < -0.3 is 14.2 Å². The third-order valence-corrected chi connectivity index (χ3v) is 7.49. The minimum absolute atomic E-state index is 0.0129. The van der Waals surface area contributed by atoms with Crippen molar-refractivity contribution in [2.45, 2.75) is 70.1 Å². The van der Waals surface area contributed by atoms with Crippen molar-refractivity contribution in [2.75, 3.05) is 0 Å². The molecule has 0 unspecified atom stereocenters. The van der Waals surface area contributed by atoms with Gasteiger partial charge in [-0.25, -0.2) is 4.98 Å². The maximum Gasteiger partial charge on any atom is 0.291 e. The molecule has 1 aromatic heterocycles. The average molecular weight is 393 g/mol. The van der Waals surface area contributed by atoms with E-state index in [1.54, 1.807) is 6.92 Å². The molecular formula is C23H27N3O3. The number of hydrogen-bond donors (Lipinski definition) is 0. The van der Waals surface area contributed by atoms with E-state index in [2.05, 4.69) is 28.9 Å². The highest BCUT2D eigenvalue weighted by Gasteiger charge is 2.64. The number of rotatable bonds is 3. The van der Waals surface area contributed by atoms with Gasteiger partial charge in [0.25, 0.3) is 5.91 Å². The number of oxazole rings is 1. The van der Waals surface area contributed by atoms with Gasteiger partial charge in [-0.05, 0) is 37.7 Å². The molecule has 2 bridgehead atoms. The van der Waals surface area contributed by atoms with Gasteiger partial charge in [-0.1, -0.05) is 37.3 Å². The number of nitrogens with zero attached hydrogens (tertiary/aromatic N) is 3. The monoisotopic (exact) mass is 393 g/mol. The van der Waals surface area contributed by atoms with Crippen molar-refractivity contribution in [2.24, 2.45) is 5.41 Å². The molecule has 3 aliphatic rings. The number of carbonyl (C=O) groups excluding carboxylic acids is 2. The lowest BCUT2D eigenvalue weighted by molar-refractivity contribution is -0.142. The molecule has 3 heterocycles. The highest BCUT2D eigenvalue weighted by atomic mass is 16.3. The quantitative estimate of drug-likeness (QED) is 0.803. The zero-order valence-corrected chi connectivity index (χ0v) is 17.0. The van der Waals surface area contributed by atoms with E-state index in [0.29, 0.717) is 0 Å². The lowest BCUT2D eigenvalue weighted by atomic mass is 9.64. The van der Waals surface area contributed by atoms with Gasteiger partial charge in [-0.3, -0.25) is 9.59 Å². The molecule has 2 amide bonds. The molecule has 5 atom stereocenters. The Balaban J connectivity index is 1.59. The Labute approximate surface area is 170 Å². The van der Waals surface area contributed by atoms with Crippen LogP contribution in [-0.2, 0) is 11.2 Å². The van der Waals surface area contributed by atoms with Gasteiger partial charge in [0, 0.05) is 24.4 Å². The Morgan fingerprint density at radius 3 is 2.55 bits per heavy atom. The van der Waals surface area contributed by atoms with Gasteiger partial charge in [0.1, 0.15) is 0 Å². The molecule has 1 saturated carbocycles. The van der Waals surface area contributed by atoms with Crippen LogP contribution in [0, 0.1) is 5.41 Å². The molecule has 2 saturated heterocycles. The fourth-order valence-corrected chi connectivity index (χ4v) is 6.37. The fourth-order valence-electron chi connectivity index (χ4n) is 6.37. The average Bonchev–Trinajstić information content (AvgIpc) is 3.33. The van der Waals surface area contributed by atoms with Crippen LogP contribution >= 0.6 is 0 Å². The van der Waals surface area contributed by atoms with E-state index in [9.17, 15) is 9.59 Å². The minimum atomic E-state index is -0.0923. The van der Waals surface area contributed by atoms with Crippen LogP contribution < -0.4 is 0 Å². The Kier molecular flexibility index (Phi) is 4.26. The van der Waals surface area contributed by atoms with Crippen molar-refractivity contribution in [3.63, 3.8) is 0 Å². The first-order chi connectivity index (χ1) is 14.0. The Morgan fingerprint density at radius 1 is 1.17 bits per heavy atom. The summed E-state index contributed by atoms with van der Waals surface area (Å²) >= 11 is 0. The summed E-state index contributed by atoms with van der Waals surface area (Å²) in [5, 5.41) is 0. The first-order valence-corrected chi connectivity index (χ1v) is 10.5. The summed E-state index contributed by atoms with van der Waals surface area (Å²) in [6.07, 6.45) is 7.52. The van der Waals surface area contributed by atoms with Crippen molar-refractivity contribution in [3.8, 4) is 0 Å². The summed E-state index contributed by atoms with van der Waals surface area (Å²) in [4.78, 5) is 34.4. The van der Waals surface area contributed by atoms with Crippen LogP contribution in [0.1, 0.15) is 55.6 Å². The van der Waals surface area contributed by atoms with E-state index in [-0.39, 0.29) is 47.2 Å². The van der Waals surface area contributed by atoms with E-state index >= 15 is 0 Å². The second kappa shape index (κ2) is 6.71. The molecule has 29 heavy (non-hydrogen) atoms. The number of benzene rings is 1. The molecule has 0 spiro atoms. The smallest absolute Gasteiger partial charge is 0.291 e. The molecule has 0 radical (unpaired) electrons. The summed E-state index contributed by atoms with van der Waals surface area (Å²) in [5.74, 6) is 0.308. The molecule has 3 fully saturated rings. The zero-order chi connectivity index (χ0) is 20.2. The topological polar surface area (TPSA) is 66.7 Å². The second-order valence-corrected chi connectivity index (χ2v) is 9.00. The van der Waals surface area contributed by atoms with Crippen LogP contribution in [0.2, 0.25) is 0 Å². The normalized spacial score (nSPS) is 33.0. The number of piperidine rings is 1. The van der Waals surface area contributed by atoms with Crippen LogP contribution in [-0.4, -0.2) is 50.8 Å². The van der Waals surface area contributed by atoms with E-state index in [1.165, 1.54) is 18.2 Å². The number of amides is 2. The number of carbonyl (C=O) groups is 2. The van der Waals surface area contributed by atoms with Gasteiger partial charge >= 0.3 is 0 Å². The zero-order valence-electron chi connectivity index (χ0n) is 17.0. The molecular weight excluding hydrogens is 366 g/mol. The molecule has 6 nitrogen and oxygen atoms in total. The number of likely N-dealkylation sites (tertiary alicyclic amines) is 2. The Bertz CT molecular complexity index is 913. The summed E-state index contributed by atoms with van der Waals surface area (Å²) in [5.41, 5.74) is 1.12. The minimum Gasteiger partial charge on any atom is -0.438 e. The summed E-state index contributed by atoms with van der Waals surface area (Å²) in [6.45, 7) is 3.95. The van der Waals surface area contributed by atoms with E-state index < -0.39 is 0 Å². The van der Waals surface area contributed by atoms with Crippen LogP contribution in [0.25, 0.3) is 0 Å². The predicted octanol–water partition coefficient (Wildman–Crippen LogP) is 3.29. The van der Waals surface area contributed by atoms with Gasteiger partial charge in [-0.15, -0.1) is 0 Å². The largest absolute Gasteiger partial charge is 0.438 e. The highest BCUT2D eigenvalue weighted by molar-refractivity contribution is 5.92.